The van der Waals surface area contributed by atoms with Gasteiger partial charge in [0.15, 0.2) is 0 Å². The van der Waals surface area contributed by atoms with E-state index in [0.29, 0.717) is 12.2 Å². The van der Waals surface area contributed by atoms with Crippen molar-refractivity contribution >= 4 is 11.6 Å². The van der Waals surface area contributed by atoms with Crippen molar-refractivity contribution in [3.8, 4) is 5.75 Å². The molecular formula is C17H15N3O2. The second kappa shape index (κ2) is 5.18. The summed E-state index contributed by atoms with van der Waals surface area (Å²) >= 11 is 0. The van der Waals surface area contributed by atoms with E-state index in [1.54, 1.807) is 10.6 Å². The molecule has 5 nitrogen and oxygen atoms in total. The van der Waals surface area contributed by atoms with Crippen molar-refractivity contribution in [3.63, 3.8) is 0 Å². The second-order valence-corrected chi connectivity index (χ2v) is 5.33. The number of ether oxygens (including phenoxy) is 1. The molecule has 1 aromatic carbocycles. The minimum atomic E-state index is -0.141. The Hall–Kier alpha value is -2.82. The summed E-state index contributed by atoms with van der Waals surface area (Å²) in [6, 6.07) is 13.6. The first kappa shape index (κ1) is 12.9. The smallest absolute Gasteiger partial charge is 0.270 e. The maximum atomic E-state index is 12.3. The molecule has 2 aromatic heterocycles. The van der Waals surface area contributed by atoms with Crippen LogP contribution in [0, 0.1) is 0 Å². The van der Waals surface area contributed by atoms with Crippen LogP contribution >= 0.6 is 0 Å². The van der Waals surface area contributed by atoms with Crippen molar-refractivity contribution in [1.82, 2.24) is 14.7 Å². The molecule has 110 valence electrons. The maximum absolute atomic E-state index is 12.3. The molecule has 0 fully saturated rings. The van der Waals surface area contributed by atoms with Crippen molar-refractivity contribution in [2.45, 2.75) is 12.5 Å². The molecular weight excluding hydrogens is 278 g/mol. The topological polar surface area (TPSA) is 55.6 Å². The van der Waals surface area contributed by atoms with Crippen LogP contribution < -0.4 is 10.1 Å². The molecule has 1 amide bonds. The van der Waals surface area contributed by atoms with Gasteiger partial charge in [0, 0.05) is 12.6 Å². The summed E-state index contributed by atoms with van der Waals surface area (Å²) in [5.74, 6) is 0.773. The van der Waals surface area contributed by atoms with E-state index in [-0.39, 0.29) is 12.0 Å². The fourth-order valence-corrected chi connectivity index (χ4v) is 2.77. The van der Waals surface area contributed by atoms with E-state index in [2.05, 4.69) is 16.4 Å². The molecule has 0 radical (unpaired) electrons. The average Bonchev–Trinajstić information content (AvgIpc) is 3.16. The zero-order valence-electron chi connectivity index (χ0n) is 11.9. The third-order valence-electron chi connectivity index (χ3n) is 3.85. The SMILES string of the molecule is O=C(NC[C@H]1Cc2ccccc2O1)c1cnc2ccccn12. The lowest BCUT2D eigenvalue weighted by Crippen LogP contribution is -2.34. The zero-order valence-corrected chi connectivity index (χ0v) is 11.9. The second-order valence-electron chi connectivity index (χ2n) is 5.33. The Morgan fingerprint density at radius 1 is 1.27 bits per heavy atom. The van der Waals surface area contributed by atoms with Crippen LogP contribution in [0.15, 0.2) is 54.9 Å². The molecule has 3 aromatic rings. The van der Waals surface area contributed by atoms with E-state index in [1.165, 1.54) is 5.56 Å². The fraction of sp³-hybridized carbons (Fsp3) is 0.176. The van der Waals surface area contributed by atoms with Crippen molar-refractivity contribution in [2.75, 3.05) is 6.54 Å². The molecule has 1 aliphatic heterocycles. The maximum Gasteiger partial charge on any atom is 0.270 e. The lowest BCUT2D eigenvalue weighted by molar-refractivity contribution is 0.0927. The van der Waals surface area contributed by atoms with Gasteiger partial charge >= 0.3 is 0 Å². The molecule has 0 saturated carbocycles. The van der Waals surface area contributed by atoms with Gasteiger partial charge in [-0.1, -0.05) is 24.3 Å². The van der Waals surface area contributed by atoms with Gasteiger partial charge in [0.05, 0.1) is 12.7 Å². The van der Waals surface area contributed by atoms with Gasteiger partial charge in [-0.3, -0.25) is 9.20 Å². The first-order valence-electron chi connectivity index (χ1n) is 7.26. The standard InChI is InChI=1S/C17H15N3O2/c21-17(14-11-18-16-7-3-4-8-20(14)16)19-10-13-9-12-5-1-2-6-15(12)22-13/h1-8,11,13H,9-10H2,(H,19,21)/t13-/m1/s1. The monoisotopic (exact) mass is 293 g/mol. The molecule has 1 atom stereocenters. The Balaban J connectivity index is 1.43. The van der Waals surface area contributed by atoms with Gasteiger partial charge in [-0.2, -0.15) is 0 Å². The molecule has 5 heteroatoms. The Bertz CT molecular complexity index is 816. The van der Waals surface area contributed by atoms with E-state index < -0.39 is 0 Å². The van der Waals surface area contributed by atoms with Crippen LogP contribution in [0.5, 0.6) is 5.75 Å². The Morgan fingerprint density at radius 3 is 3.05 bits per heavy atom. The number of carbonyl (C=O) groups excluding carboxylic acids is 1. The number of hydrogen-bond donors (Lipinski definition) is 1. The molecule has 0 bridgehead atoms. The summed E-state index contributed by atoms with van der Waals surface area (Å²) in [5.41, 5.74) is 2.49. The number of fused-ring (bicyclic) bond motifs is 2. The first-order valence-corrected chi connectivity index (χ1v) is 7.26. The van der Waals surface area contributed by atoms with Gasteiger partial charge in [-0.05, 0) is 23.8 Å². The third kappa shape index (κ3) is 2.20. The summed E-state index contributed by atoms with van der Waals surface area (Å²) in [6.07, 6.45) is 4.23. The number of imidazole rings is 1. The van der Waals surface area contributed by atoms with E-state index in [0.717, 1.165) is 17.8 Å². The number of nitrogens with zero attached hydrogens (tertiary/aromatic N) is 2. The summed E-state index contributed by atoms with van der Waals surface area (Å²) in [4.78, 5) is 16.5. The van der Waals surface area contributed by atoms with Gasteiger partial charge in [-0.15, -0.1) is 0 Å². The number of hydrogen-bond acceptors (Lipinski definition) is 3. The molecule has 1 N–H and O–H groups in total. The number of rotatable bonds is 3. The highest BCUT2D eigenvalue weighted by molar-refractivity contribution is 5.93. The molecule has 22 heavy (non-hydrogen) atoms. The Morgan fingerprint density at radius 2 is 2.14 bits per heavy atom. The van der Waals surface area contributed by atoms with E-state index in [1.807, 2.05) is 42.6 Å². The number of benzene rings is 1. The lowest BCUT2D eigenvalue weighted by atomic mass is 10.1. The van der Waals surface area contributed by atoms with E-state index in [4.69, 9.17) is 4.74 Å². The fourth-order valence-electron chi connectivity index (χ4n) is 2.77. The quantitative estimate of drug-likeness (QED) is 0.804. The summed E-state index contributed by atoms with van der Waals surface area (Å²) in [6.45, 7) is 0.480. The van der Waals surface area contributed by atoms with Crippen LogP contribution in [0.1, 0.15) is 16.1 Å². The van der Waals surface area contributed by atoms with Gasteiger partial charge in [-0.25, -0.2) is 4.98 Å². The molecule has 0 saturated heterocycles. The van der Waals surface area contributed by atoms with Crippen molar-refractivity contribution in [2.24, 2.45) is 0 Å². The predicted octanol–water partition coefficient (Wildman–Crippen LogP) is 2.07. The first-order chi connectivity index (χ1) is 10.8. The summed E-state index contributed by atoms with van der Waals surface area (Å²) in [5, 5.41) is 2.93. The van der Waals surface area contributed by atoms with Gasteiger partial charge in [0.1, 0.15) is 23.2 Å². The molecule has 1 aliphatic rings. The zero-order chi connectivity index (χ0) is 14.9. The minimum Gasteiger partial charge on any atom is -0.488 e. The number of amides is 1. The lowest BCUT2D eigenvalue weighted by Gasteiger charge is -2.11. The number of aromatic nitrogens is 2. The molecule has 4 rings (SSSR count). The molecule has 0 spiro atoms. The number of para-hydroxylation sites is 1. The van der Waals surface area contributed by atoms with Crippen molar-refractivity contribution in [3.05, 3.63) is 66.1 Å². The highest BCUT2D eigenvalue weighted by Crippen LogP contribution is 2.27. The Kier molecular flexibility index (Phi) is 3.04. The van der Waals surface area contributed by atoms with Gasteiger partial charge < -0.3 is 10.1 Å². The highest BCUT2D eigenvalue weighted by atomic mass is 16.5. The minimum absolute atomic E-state index is 0.0134. The van der Waals surface area contributed by atoms with Crippen molar-refractivity contribution in [1.29, 1.82) is 0 Å². The normalized spacial score (nSPS) is 16.3. The van der Waals surface area contributed by atoms with E-state index >= 15 is 0 Å². The van der Waals surface area contributed by atoms with Gasteiger partial charge in [0.25, 0.3) is 5.91 Å². The highest BCUT2D eigenvalue weighted by Gasteiger charge is 2.23. The van der Waals surface area contributed by atoms with Crippen LogP contribution in [0.2, 0.25) is 0 Å². The average molecular weight is 293 g/mol. The van der Waals surface area contributed by atoms with Gasteiger partial charge in [0.2, 0.25) is 0 Å². The van der Waals surface area contributed by atoms with Crippen LogP contribution in [-0.2, 0) is 6.42 Å². The summed E-state index contributed by atoms with van der Waals surface area (Å²) < 4.78 is 7.60. The van der Waals surface area contributed by atoms with E-state index in [9.17, 15) is 4.79 Å². The van der Waals surface area contributed by atoms with Crippen LogP contribution in [0.25, 0.3) is 5.65 Å². The van der Waals surface area contributed by atoms with Crippen LogP contribution in [0.4, 0.5) is 0 Å². The van der Waals surface area contributed by atoms with Crippen LogP contribution in [-0.4, -0.2) is 27.9 Å². The largest absolute Gasteiger partial charge is 0.488 e. The predicted molar refractivity (Wildman–Crippen MR) is 82.1 cm³/mol. The summed E-state index contributed by atoms with van der Waals surface area (Å²) in [7, 11) is 0. The number of nitrogens with one attached hydrogen (secondary N) is 1. The Labute approximate surface area is 127 Å². The number of carbonyl (C=O) groups is 1. The molecule has 0 unspecified atom stereocenters. The molecule has 3 heterocycles. The van der Waals surface area contributed by atoms with Crippen LogP contribution in [0.3, 0.4) is 0 Å². The van der Waals surface area contributed by atoms with Crippen molar-refractivity contribution < 1.29 is 9.53 Å². The number of pyridine rings is 1. The molecule has 0 aliphatic carbocycles. The third-order valence-corrected chi connectivity index (χ3v) is 3.85.